The molecule has 1 heterocycles. The molecular weight excluding hydrogens is 258 g/mol. The van der Waals surface area contributed by atoms with Crippen LogP contribution in [0.5, 0.6) is 0 Å². The van der Waals surface area contributed by atoms with E-state index in [0.29, 0.717) is 11.3 Å². The summed E-state index contributed by atoms with van der Waals surface area (Å²) in [7, 11) is 0. The SMILES string of the molecule is CC1CCC(NCc2c(Cl)oc3ccccc23)C1C. The topological polar surface area (TPSA) is 25.2 Å². The minimum Gasteiger partial charge on any atom is -0.444 e. The molecule has 1 N–H and O–H groups in total. The molecule has 1 aromatic carbocycles. The predicted molar refractivity (Wildman–Crippen MR) is 79.4 cm³/mol. The highest BCUT2D eigenvalue weighted by molar-refractivity contribution is 6.30. The quantitative estimate of drug-likeness (QED) is 0.886. The van der Waals surface area contributed by atoms with Crippen molar-refractivity contribution in [3.63, 3.8) is 0 Å². The van der Waals surface area contributed by atoms with Crippen molar-refractivity contribution in [3.8, 4) is 0 Å². The van der Waals surface area contributed by atoms with Crippen molar-refractivity contribution in [1.82, 2.24) is 5.32 Å². The van der Waals surface area contributed by atoms with Crippen LogP contribution in [0.1, 0.15) is 32.3 Å². The van der Waals surface area contributed by atoms with Gasteiger partial charge in [0.05, 0.1) is 0 Å². The summed E-state index contributed by atoms with van der Waals surface area (Å²) in [6.07, 6.45) is 2.58. The molecule has 0 saturated heterocycles. The van der Waals surface area contributed by atoms with Gasteiger partial charge in [-0.1, -0.05) is 32.0 Å². The zero-order valence-electron chi connectivity index (χ0n) is 11.4. The van der Waals surface area contributed by atoms with E-state index >= 15 is 0 Å². The van der Waals surface area contributed by atoms with E-state index in [1.807, 2.05) is 18.2 Å². The van der Waals surface area contributed by atoms with Gasteiger partial charge in [0.15, 0.2) is 5.22 Å². The fraction of sp³-hybridized carbons (Fsp3) is 0.500. The summed E-state index contributed by atoms with van der Waals surface area (Å²) in [6, 6.07) is 8.63. The van der Waals surface area contributed by atoms with Gasteiger partial charge < -0.3 is 9.73 Å². The van der Waals surface area contributed by atoms with Crippen molar-refractivity contribution in [2.75, 3.05) is 0 Å². The van der Waals surface area contributed by atoms with Gasteiger partial charge in [-0.25, -0.2) is 0 Å². The van der Waals surface area contributed by atoms with Gasteiger partial charge in [-0.3, -0.25) is 0 Å². The van der Waals surface area contributed by atoms with Crippen LogP contribution in [0.25, 0.3) is 11.0 Å². The Morgan fingerprint density at radius 3 is 2.79 bits per heavy atom. The third-order valence-corrected chi connectivity index (χ3v) is 4.96. The average Bonchev–Trinajstić information content (AvgIpc) is 2.89. The lowest BCUT2D eigenvalue weighted by Gasteiger charge is -2.19. The first-order valence-electron chi connectivity index (χ1n) is 7.06. The Labute approximate surface area is 119 Å². The molecule has 0 spiro atoms. The van der Waals surface area contributed by atoms with Crippen molar-refractivity contribution < 1.29 is 4.42 Å². The molecule has 0 bridgehead atoms. The van der Waals surface area contributed by atoms with Crippen LogP contribution in [0, 0.1) is 11.8 Å². The van der Waals surface area contributed by atoms with Gasteiger partial charge in [0.2, 0.25) is 0 Å². The summed E-state index contributed by atoms with van der Waals surface area (Å²) in [5, 5.41) is 5.30. The summed E-state index contributed by atoms with van der Waals surface area (Å²) in [5.74, 6) is 1.55. The minimum absolute atomic E-state index is 0.521. The molecule has 3 rings (SSSR count). The number of halogens is 1. The van der Waals surface area contributed by atoms with E-state index in [-0.39, 0.29) is 0 Å². The highest BCUT2D eigenvalue weighted by Gasteiger charge is 2.29. The number of hydrogen-bond acceptors (Lipinski definition) is 2. The van der Waals surface area contributed by atoms with Gasteiger partial charge in [-0.05, 0) is 42.3 Å². The molecule has 1 aliphatic rings. The molecule has 19 heavy (non-hydrogen) atoms. The largest absolute Gasteiger partial charge is 0.444 e. The monoisotopic (exact) mass is 277 g/mol. The van der Waals surface area contributed by atoms with Crippen molar-refractivity contribution in [2.24, 2.45) is 11.8 Å². The summed E-state index contributed by atoms with van der Waals surface area (Å²) < 4.78 is 5.59. The molecule has 102 valence electrons. The lowest BCUT2D eigenvalue weighted by molar-refractivity contribution is 0.369. The number of rotatable bonds is 3. The summed E-state index contributed by atoms with van der Waals surface area (Å²) in [4.78, 5) is 0. The molecule has 1 saturated carbocycles. The highest BCUT2D eigenvalue weighted by Crippen LogP contribution is 2.33. The number of para-hydroxylation sites is 1. The van der Waals surface area contributed by atoms with Crippen molar-refractivity contribution in [3.05, 3.63) is 35.0 Å². The van der Waals surface area contributed by atoms with Gasteiger partial charge in [0.25, 0.3) is 0 Å². The highest BCUT2D eigenvalue weighted by atomic mass is 35.5. The normalized spacial score (nSPS) is 27.2. The van der Waals surface area contributed by atoms with Gasteiger partial charge >= 0.3 is 0 Å². The Morgan fingerprint density at radius 1 is 1.26 bits per heavy atom. The zero-order valence-corrected chi connectivity index (χ0v) is 12.2. The van der Waals surface area contributed by atoms with Crippen molar-refractivity contribution in [2.45, 2.75) is 39.3 Å². The summed E-state index contributed by atoms with van der Waals surface area (Å²) >= 11 is 6.21. The second-order valence-electron chi connectivity index (χ2n) is 5.75. The van der Waals surface area contributed by atoms with E-state index in [0.717, 1.165) is 34.9 Å². The van der Waals surface area contributed by atoms with E-state index in [1.54, 1.807) is 0 Å². The fourth-order valence-electron chi connectivity index (χ4n) is 3.12. The van der Waals surface area contributed by atoms with Crippen LogP contribution >= 0.6 is 11.6 Å². The Hall–Kier alpha value is -0.990. The first-order chi connectivity index (χ1) is 9.16. The van der Waals surface area contributed by atoms with Crippen LogP contribution < -0.4 is 5.32 Å². The van der Waals surface area contributed by atoms with Gasteiger partial charge in [-0.15, -0.1) is 0 Å². The van der Waals surface area contributed by atoms with E-state index in [4.69, 9.17) is 16.0 Å². The number of hydrogen-bond donors (Lipinski definition) is 1. The minimum atomic E-state index is 0.521. The number of furan rings is 1. The predicted octanol–water partition coefficient (Wildman–Crippen LogP) is 4.61. The number of benzene rings is 1. The molecule has 3 heteroatoms. The fourth-order valence-corrected chi connectivity index (χ4v) is 3.37. The van der Waals surface area contributed by atoms with E-state index in [1.165, 1.54) is 12.8 Å². The maximum Gasteiger partial charge on any atom is 0.199 e. The van der Waals surface area contributed by atoms with Crippen molar-refractivity contribution in [1.29, 1.82) is 0 Å². The van der Waals surface area contributed by atoms with Crippen LogP contribution in [-0.2, 0) is 6.54 Å². The molecule has 3 unspecified atom stereocenters. The van der Waals surface area contributed by atoms with E-state index in [2.05, 4.69) is 25.2 Å². The first-order valence-corrected chi connectivity index (χ1v) is 7.44. The van der Waals surface area contributed by atoms with Gasteiger partial charge in [0.1, 0.15) is 5.58 Å². The standard InChI is InChI=1S/C16H20ClNO/c1-10-7-8-14(11(10)2)18-9-13-12-5-3-4-6-15(12)19-16(13)17/h3-6,10-11,14,18H,7-9H2,1-2H3. The molecule has 0 amide bonds. The van der Waals surface area contributed by atoms with Crippen LogP contribution in [0.4, 0.5) is 0 Å². The van der Waals surface area contributed by atoms with E-state index in [9.17, 15) is 0 Å². The van der Waals surface area contributed by atoms with E-state index < -0.39 is 0 Å². The van der Waals surface area contributed by atoms with Crippen LogP contribution in [0.2, 0.25) is 5.22 Å². The summed E-state index contributed by atoms with van der Waals surface area (Å²) in [6.45, 7) is 5.47. The number of fused-ring (bicyclic) bond motifs is 1. The molecule has 0 radical (unpaired) electrons. The lowest BCUT2D eigenvalue weighted by Crippen LogP contribution is -2.31. The average molecular weight is 278 g/mol. The lowest BCUT2D eigenvalue weighted by atomic mass is 9.97. The maximum atomic E-state index is 6.21. The Bertz CT molecular complexity index is 577. The molecule has 3 atom stereocenters. The van der Waals surface area contributed by atoms with Crippen LogP contribution in [0.3, 0.4) is 0 Å². The third kappa shape index (κ3) is 2.39. The first kappa shape index (κ1) is 13.0. The zero-order chi connectivity index (χ0) is 13.4. The Morgan fingerprint density at radius 2 is 2.05 bits per heavy atom. The second-order valence-corrected chi connectivity index (χ2v) is 6.09. The second kappa shape index (κ2) is 5.18. The smallest absolute Gasteiger partial charge is 0.199 e. The molecule has 1 aromatic heterocycles. The molecule has 0 aliphatic heterocycles. The summed E-state index contributed by atoms with van der Waals surface area (Å²) in [5.41, 5.74) is 1.96. The van der Waals surface area contributed by atoms with Crippen molar-refractivity contribution >= 4 is 22.6 Å². The Kier molecular flexibility index (Phi) is 3.55. The Balaban J connectivity index is 1.77. The molecule has 2 nitrogen and oxygen atoms in total. The molecule has 1 aliphatic carbocycles. The number of nitrogens with one attached hydrogen (secondary N) is 1. The maximum absolute atomic E-state index is 6.21. The van der Waals surface area contributed by atoms with Gasteiger partial charge in [0, 0.05) is 23.5 Å². The third-order valence-electron chi connectivity index (χ3n) is 4.66. The molecule has 1 fully saturated rings. The molecule has 2 aromatic rings. The molecular formula is C16H20ClNO. The van der Waals surface area contributed by atoms with Crippen LogP contribution in [0.15, 0.2) is 28.7 Å². The van der Waals surface area contributed by atoms with Gasteiger partial charge in [-0.2, -0.15) is 0 Å². The van der Waals surface area contributed by atoms with Crippen LogP contribution in [-0.4, -0.2) is 6.04 Å².